The summed E-state index contributed by atoms with van der Waals surface area (Å²) in [6.07, 6.45) is 0.783. The highest BCUT2D eigenvalue weighted by atomic mass is 35.5. The molecule has 0 aliphatic carbocycles. The van der Waals surface area contributed by atoms with Gasteiger partial charge in [-0.2, -0.15) is 0 Å². The van der Waals surface area contributed by atoms with E-state index in [1.165, 1.54) is 0 Å². The number of carbonyl (C=O) groups is 1. The van der Waals surface area contributed by atoms with Crippen LogP contribution in [-0.2, 0) is 11.2 Å². The molecule has 5 heteroatoms. The van der Waals surface area contributed by atoms with Crippen LogP contribution in [0, 0.1) is 5.92 Å². The first-order valence-corrected chi connectivity index (χ1v) is 7.21. The van der Waals surface area contributed by atoms with Gasteiger partial charge in [-0.3, -0.25) is 9.69 Å². The molecule has 1 aromatic rings. The van der Waals surface area contributed by atoms with Crippen LogP contribution in [0.3, 0.4) is 0 Å². The molecule has 1 heterocycles. The zero-order valence-electron chi connectivity index (χ0n) is 11.8. The molecule has 4 nitrogen and oxygen atoms in total. The van der Waals surface area contributed by atoms with Crippen LogP contribution in [0.2, 0.25) is 5.02 Å². The molecule has 0 saturated carbocycles. The van der Waals surface area contributed by atoms with Gasteiger partial charge >= 0.3 is 5.97 Å². The molecule has 1 aliphatic heterocycles. The SMILES string of the molecule is CC(C)CN(CC(=O)O)CC1Cc2cc(Cl)ccc2O1. The van der Waals surface area contributed by atoms with E-state index in [0.29, 0.717) is 17.5 Å². The maximum Gasteiger partial charge on any atom is 0.317 e. The topological polar surface area (TPSA) is 49.8 Å². The molecule has 1 aliphatic rings. The van der Waals surface area contributed by atoms with Crippen molar-refractivity contribution in [3.63, 3.8) is 0 Å². The van der Waals surface area contributed by atoms with Crippen molar-refractivity contribution >= 4 is 17.6 Å². The Morgan fingerprint density at radius 3 is 2.95 bits per heavy atom. The van der Waals surface area contributed by atoms with E-state index in [9.17, 15) is 4.79 Å². The summed E-state index contributed by atoms with van der Waals surface area (Å²) in [6.45, 7) is 5.59. The van der Waals surface area contributed by atoms with Crippen molar-refractivity contribution in [3.8, 4) is 5.75 Å². The van der Waals surface area contributed by atoms with E-state index < -0.39 is 5.97 Å². The molecule has 0 saturated heterocycles. The molecule has 2 rings (SSSR count). The normalized spacial score (nSPS) is 17.4. The van der Waals surface area contributed by atoms with Gasteiger partial charge in [-0.25, -0.2) is 0 Å². The monoisotopic (exact) mass is 297 g/mol. The second-order valence-corrected chi connectivity index (χ2v) is 6.11. The fraction of sp³-hybridized carbons (Fsp3) is 0.533. The van der Waals surface area contributed by atoms with Gasteiger partial charge in [0, 0.05) is 24.5 Å². The van der Waals surface area contributed by atoms with Crippen LogP contribution in [0.1, 0.15) is 19.4 Å². The Morgan fingerprint density at radius 1 is 1.55 bits per heavy atom. The lowest BCUT2D eigenvalue weighted by Gasteiger charge is -2.25. The third-order valence-corrected chi connectivity index (χ3v) is 3.44. The highest BCUT2D eigenvalue weighted by Crippen LogP contribution is 2.31. The first-order chi connectivity index (χ1) is 9.44. The molecular formula is C15H20ClNO3. The highest BCUT2D eigenvalue weighted by Gasteiger charge is 2.26. The van der Waals surface area contributed by atoms with Crippen LogP contribution in [0.15, 0.2) is 18.2 Å². The van der Waals surface area contributed by atoms with Crippen LogP contribution in [-0.4, -0.2) is 41.7 Å². The van der Waals surface area contributed by atoms with Gasteiger partial charge in [-0.05, 0) is 29.7 Å². The van der Waals surface area contributed by atoms with Crippen molar-refractivity contribution in [2.75, 3.05) is 19.6 Å². The quantitative estimate of drug-likeness (QED) is 0.877. The average Bonchev–Trinajstić information content (AvgIpc) is 2.68. The van der Waals surface area contributed by atoms with Gasteiger partial charge in [0.25, 0.3) is 0 Å². The molecule has 20 heavy (non-hydrogen) atoms. The fourth-order valence-corrected chi connectivity index (χ4v) is 2.78. The first-order valence-electron chi connectivity index (χ1n) is 6.83. The van der Waals surface area contributed by atoms with Gasteiger partial charge in [-0.1, -0.05) is 25.4 Å². The molecule has 0 aromatic heterocycles. The second-order valence-electron chi connectivity index (χ2n) is 5.68. The predicted octanol–water partition coefficient (Wildman–Crippen LogP) is 2.69. The number of nitrogens with zero attached hydrogens (tertiary/aromatic N) is 1. The summed E-state index contributed by atoms with van der Waals surface area (Å²) < 4.78 is 5.86. The van der Waals surface area contributed by atoms with E-state index in [1.807, 2.05) is 23.1 Å². The minimum absolute atomic E-state index is 0.00145. The lowest BCUT2D eigenvalue weighted by molar-refractivity contribution is -0.138. The number of halogens is 1. The Kier molecular flexibility index (Phi) is 4.89. The second kappa shape index (κ2) is 6.46. The zero-order valence-corrected chi connectivity index (χ0v) is 12.6. The summed E-state index contributed by atoms with van der Waals surface area (Å²) >= 11 is 5.97. The molecule has 0 bridgehead atoms. The van der Waals surface area contributed by atoms with Crippen LogP contribution >= 0.6 is 11.6 Å². The smallest absolute Gasteiger partial charge is 0.317 e. The Labute approximate surface area is 124 Å². The highest BCUT2D eigenvalue weighted by molar-refractivity contribution is 6.30. The lowest BCUT2D eigenvalue weighted by atomic mass is 10.1. The van der Waals surface area contributed by atoms with Gasteiger partial charge in [0.2, 0.25) is 0 Å². The Balaban J connectivity index is 1.97. The molecule has 1 unspecified atom stereocenters. The summed E-state index contributed by atoms with van der Waals surface area (Å²) in [7, 11) is 0. The number of benzene rings is 1. The fourth-order valence-electron chi connectivity index (χ4n) is 2.59. The average molecular weight is 298 g/mol. The van der Waals surface area contributed by atoms with Gasteiger partial charge < -0.3 is 9.84 Å². The number of rotatable bonds is 6. The third kappa shape index (κ3) is 4.12. The number of hydrogen-bond donors (Lipinski definition) is 1. The standard InChI is InChI=1S/C15H20ClNO3/c1-10(2)7-17(9-15(18)19)8-13-6-11-5-12(16)3-4-14(11)20-13/h3-5,10,13H,6-9H2,1-2H3,(H,18,19). The first kappa shape index (κ1) is 15.1. The van der Waals surface area contributed by atoms with Crippen LogP contribution in [0.4, 0.5) is 0 Å². The predicted molar refractivity (Wildman–Crippen MR) is 78.5 cm³/mol. The minimum Gasteiger partial charge on any atom is -0.488 e. The maximum atomic E-state index is 10.9. The Bertz CT molecular complexity index is 490. The molecule has 110 valence electrons. The van der Waals surface area contributed by atoms with E-state index in [1.54, 1.807) is 0 Å². The van der Waals surface area contributed by atoms with E-state index in [4.69, 9.17) is 21.4 Å². The summed E-state index contributed by atoms with van der Waals surface area (Å²) in [4.78, 5) is 12.9. The van der Waals surface area contributed by atoms with Crippen molar-refractivity contribution in [2.24, 2.45) is 5.92 Å². The molecule has 0 amide bonds. The zero-order chi connectivity index (χ0) is 14.7. The van der Waals surface area contributed by atoms with Gasteiger partial charge in [0.1, 0.15) is 11.9 Å². The van der Waals surface area contributed by atoms with E-state index >= 15 is 0 Å². The molecule has 0 radical (unpaired) electrons. The van der Waals surface area contributed by atoms with Gasteiger partial charge in [-0.15, -0.1) is 0 Å². The number of carboxylic acid groups (broad SMARTS) is 1. The van der Waals surface area contributed by atoms with Gasteiger partial charge in [0.15, 0.2) is 0 Å². The number of fused-ring (bicyclic) bond motifs is 1. The summed E-state index contributed by atoms with van der Waals surface area (Å²) in [5.41, 5.74) is 1.10. The summed E-state index contributed by atoms with van der Waals surface area (Å²) in [6, 6.07) is 5.61. The number of ether oxygens (including phenoxy) is 1. The summed E-state index contributed by atoms with van der Waals surface area (Å²) in [5.74, 6) is 0.482. The van der Waals surface area contributed by atoms with Crippen LogP contribution in [0.25, 0.3) is 0 Å². The lowest BCUT2D eigenvalue weighted by Crippen LogP contribution is -2.40. The Morgan fingerprint density at radius 2 is 2.30 bits per heavy atom. The van der Waals surface area contributed by atoms with Crippen LogP contribution < -0.4 is 4.74 Å². The number of aliphatic carboxylic acids is 1. The largest absolute Gasteiger partial charge is 0.488 e. The Hall–Kier alpha value is -1.26. The third-order valence-electron chi connectivity index (χ3n) is 3.21. The van der Waals surface area contributed by atoms with Gasteiger partial charge in [0.05, 0.1) is 6.54 Å². The molecule has 0 fully saturated rings. The molecule has 0 spiro atoms. The van der Waals surface area contributed by atoms with Crippen molar-refractivity contribution < 1.29 is 14.6 Å². The molecule has 1 N–H and O–H groups in total. The van der Waals surface area contributed by atoms with Crippen molar-refractivity contribution in [3.05, 3.63) is 28.8 Å². The van der Waals surface area contributed by atoms with Crippen molar-refractivity contribution in [1.29, 1.82) is 0 Å². The summed E-state index contributed by atoms with van der Waals surface area (Å²) in [5, 5.41) is 9.69. The molecular weight excluding hydrogens is 278 g/mol. The van der Waals surface area contributed by atoms with E-state index in [0.717, 1.165) is 24.3 Å². The maximum absolute atomic E-state index is 10.9. The van der Waals surface area contributed by atoms with E-state index in [-0.39, 0.29) is 12.6 Å². The van der Waals surface area contributed by atoms with Crippen molar-refractivity contribution in [2.45, 2.75) is 26.4 Å². The van der Waals surface area contributed by atoms with Crippen LogP contribution in [0.5, 0.6) is 5.75 Å². The molecule has 1 atom stereocenters. The number of hydrogen-bond acceptors (Lipinski definition) is 3. The van der Waals surface area contributed by atoms with Crippen molar-refractivity contribution in [1.82, 2.24) is 4.90 Å². The number of carboxylic acids is 1. The van der Waals surface area contributed by atoms with E-state index in [2.05, 4.69) is 13.8 Å². The molecule has 1 aromatic carbocycles. The minimum atomic E-state index is -0.802.